The van der Waals surface area contributed by atoms with Crippen LogP contribution in [0.15, 0.2) is 54.9 Å². The summed E-state index contributed by atoms with van der Waals surface area (Å²) in [4.78, 5) is 27.2. The van der Waals surface area contributed by atoms with E-state index in [-0.39, 0.29) is 11.8 Å². The van der Waals surface area contributed by atoms with Crippen molar-refractivity contribution in [2.75, 3.05) is 13.1 Å². The van der Waals surface area contributed by atoms with Gasteiger partial charge in [0.05, 0.1) is 0 Å². The van der Waals surface area contributed by atoms with Gasteiger partial charge >= 0.3 is 0 Å². The zero-order chi connectivity index (χ0) is 16.3. The van der Waals surface area contributed by atoms with E-state index in [0.717, 1.165) is 6.42 Å². The van der Waals surface area contributed by atoms with E-state index >= 15 is 0 Å². The normalized spacial score (nSPS) is 10.1. The third kappa shape index (κ3) is 6.27. The molecule has 0 unspecified atom stereocenters. The van der Waals surface area contributed by atoms with Crippen LogP contribution in [0.3, 0.4) is 0 Å². The lowest BCUT2D eigenvalue weighted by Crippen LogP contribution is -2.39. The molecule has 6 nitrogen and oxygen atoms in total. The van der Waals surface area contributed by atoms with E-state index in [1.165, 1.54) is 5.56 Å². The molecule has 23 heavy (non-hydrogen) atoms. The minimum absolute atomic E-state index is 0.0495. The fourth-order valence-electron chi connectivity index (χ4n) is 1.97. The van der Waals surface area contributed by atoms with Gasteiger partial charge in [-0.2, -0.15) is 0 Å². The number of carbonyl (C=O) groups is 2. The Morgan fingerprint density at radius 1 is 0.957 bits per heavy atom. The van der Waals surface area contributed by atoms with Crippen LogP contribution in [0.25, 0.3) is 0 Å². The molecule has 6 heteroatoms. The van der Waals surface area contributed by atoms with Crippen LogP contribution >= 0.6 is 0 Å². The van der Waals surface area contributed by atoms with Crippen LogP contribution in [0.1, 0.15) is 22.3 Å². The summed E-state index contributed by atoms with van der Waals surface area (Å²) in [7, 11) is 0. The Morgan fingerprint density at radius 3 is 2.43 bits per heavy atom. The molecule has 1 aromatic heterocycles. The van der Waals surface area contributed by atoms with Gasteiger partial charge in [0, 0.05) is 37.5 Å². The number of amides is 2. The molecule has 1 heterocycles. The first-order chi connectivity index (χ1) is 11.3. The molecule has 0 aliphatic heterocycles. The van der Waals surface area contributed by atoms with Crippen molar-refractivity contribution in [3.05, 3.63) is 66.0 Å². The maximum absolute atomic E-state index is 11.7. The second-order valence-electron chi connectivity index (χ2n) is 4.95. The van der Waals surface area contributed by atoms with Gasteiger partial charge < -0.3 is 5.32 Å². The van der Waals surface area contributed by atoms with Crippen molar-refractivity contribution >= 4 is 11.8 Å². The summed E-state index contributed by atoms with van der Waals surface area (Å²) in [5.74, 6) is -0.302. The number of hydrazine groups is 1. The molecular formula is C17H20N4O2. The molecule has 2 aromatic rings. The maximum atomic E-state index is 11.7. The molecule has 0 bridgehead atoms. The molecule has 2 rings (SSSR count). The van der Waals surface area contributed by atoms with E-state index in [1.807, 2.05) is 30.3 Å². The zero-order valence-corrected chi connectivity index (χ0v) is 12.8. The molecule has 0 fully saturated rings. The summed E-state index contributed by atoms with van der Waals surface area (Å²) in [5.41, 5.74) is 6.99. The van der Waals surface area contributed by atoms with E-state index in [4.69, 9.17) is 0 Å². The van der Waals surface area contributed by atoms with Crippen LogP contribution in [0.5, 0.6) is 0 Å². The zero-order valence-electron chi connectivity index (χ0n) is 12.8. The first-order valence-electron chi connectivity index (χ1n) is 7.49. The summed E-state index contributed by atoms with van der Waals surface area (Å²) in [5, 5.41) is 2.85. The molecule has 0 spiro atoms. The molecule has 0 radical (unpaired) electrons. The number of hydrogen-bond donors (Lipinski definition) is 3. The molecule has 120 valence electrons. The van der Waals surface area contributed by atoms with Crippen molar-refractivity contribution in [1.29, 1.82) is 0 Å². The third-order valence-electron chi connectivity index (χ3n) is 3.20. The van der Waals surface area contributed by atoms with Crippen LogP contribution in [-0.2, 0) is 11.2 Å². The summed E-state index contributed by atoms with van der Waals surface area (Å²) in [6.07, 6.45) is 4.20. The van der Waals surface area contributed by atoms with E-state index in [1.54, 1.807) is 24.5 Å². The van der Waals surface area contributed by atoms with Gasteiger partial charge in [-0.3, -0.25) is 20.0 Å². The van der Waals surface area contributed by atoms with E-state index < -0.39 is 0 Å². The van der Waals surface area contributed by atoms with Gasteiger partial charge in [0.2, 0.25) is 5.91 Å². The van der Waals surface area contributed by atoms with Gasteiger partial charge in [-0.25, -0.2) is 5.43 Å². The fraction of sp³-hybridized carbons (Fsp3) is 0.235. The lowest BCUT2D eigenvalue weighted by Gasteiger charge is -2.08. The van der Waals surface area contributed by atoms with E-state index in [2.05, 4.69) is 21.2 Å². The number of nitrogens with one attached hydrogen (secondary N) is 3. The third-order valence-corrected chi connectivity index (χ3v) is 3.20. The van der Waals surface area contributed by atoms with Crippen molar-refractivity contribution in [2.45, 2.75) is 12.8 Å². The Kier molecular flexibility index (Phi) is 6.74. The van der Waals surface area contributed by atoms with Gasteiger partial charge in [0.15, 0.2) is 0 Å². The first-order valence-corrected chi connectivity index (χ1v) is 7.49. The average Bonchev–Trinajstić information content (AvgIpc) is 2.60. The SMILES string of the molecule is O=C(CCNNC(=O)c1ccncc1)NCCc1ccccc1. The van der Waals surface area contributed by atoms with Crippen LogP contribution in [-0.4, -0.2) is 29.9 Å². The topological polar surface area (TPSA) is 83.1 Å². The lowest BCUT2D eigenvalue weighted by atomic mass is 10.1. The molecule has 1 aromatic carbocycles. The lowest BCUT2D eigenvalue weighted by molar-refractivity contribution is -0.121. The molecule has 0 saturated heterocycles. The van der Waals surface area contributed by atoms with Crippen LogP contribution in [0.4, 0.5) is 0 Å². The summed E-state index contributed by atoms with van der Waals surface area (Å²) in [6.45, 7) is 0.972. The molecule has 0 saturated carbocycles. The highest BCUT2D eigenvalue weighted by Gasteiger charge is 2.04. The second-order valence-corrected chi connectivity index (χ2v) is 4.95. The Bertz CT molecular complexity index is 617. The standard InChI is InChI=1S/C17H20N4O2/c22-16(19-12-6-14-4-2-1-3-5-14)9-13-20-21-17(23)15-7-10-18-11-8-15/h1-5,7-8,10-11,20H,6,9,12-13H2,(H,19,22)(H,21,23). The Labute approximate surface area is 135 Å². The molecule has 0 atom stereocenters. The van der Waals surface area contributed by atoms with Crippen LogP contribution in [0, 0.1) is 0 Å². The summed E-state index contributed by atoms with van der Waals surface area (Å²) < 4.78 is 0. The van der Waals surface area contributed by atoms with E-state index in [9.17, 15) is 9.59 Å². The molecule has 0 aliphatic carbocycles. The van der Waals surface area contributed by atoms with Crippen molar-refractivity contribution in [1.82, 2.24) is 21.2 Å². The highest BCUT2D eigenvalue weighted by Crippen LogP contribution is 1.98. The highest BCUT2D eigenvalue weighted by molar-refractivity contribution is 5.93. The minimum atomic E-state index is -0.253. The molecule has 2 amide bonds. The maximum Gasteiger partial charge on any atom is 0.265 e. The minimum Gasteiger partial charge on any atom is -0.356 e. The fourth-order valence-corrected chi connectivity index (χ4v) is 1.97. The van der Waals surface area contributed by atoms with Crippen LogP contribution in [0.2, 0.25) is 0 Å². The number of aromatic nitrogens is 1. The van der Waals surface area contributed by atoms with Crippen molar-refractivity contribution < 1.29 is 9.59 Å². The average molecular weight is 312 g/mol. The van der Waals surface area contributed by atoms with Gasteiger partial charge in [0.25, 0.3) is 5.91 Å². The molecule has 0 aliphatic rings. The first kappa shape index (κ1) is 16.6. The summed E-state index contributed by atoms with van der Waals surface area (Å²) >= 11 is 0. The summed E-state index contributed by atoms with van der Waals surface area (Å²) in [6, 6.07) is 13.2. The number of nitrogens with zero attached hydrogens (tertiary/aromatic N) is 1. The largest absolute Gasteiger partial charge is 0.356 e. The van der Waals surface area contributed by atoms with Gasteiger partial charge in [-0.15, -0.1) is 0 Å². The monoisotopic (exact) mass is 312 g/mol. The van der Waals surface area contributed by atoms with Gasteiger partial charge in [0.1, 0.15) is 0 Å². The number of benzene rings is 1. The number of hydrogen-bond acceptors (Lipinski definition) is 4. The second kappa shape index (κ2) is 9.32. The van der Waals surface area contributed by atoms with Gasteiger partial charge in [-0.1, -0.05) is 30.3 Å². The predicted octanol–water partition coefficient (Wildman–Crippen LogP) is 1.06. The van der Waals surface area contributed by atoms with Crippen molar-refractivity contribution in [2.24, 2.45) is 0 Å². The molecule has 3 N–H and O–H groups in total. The highest BCUT2D eigenvalue weighted by atomic mass is 16.2. The number of rotatable bonds is 8. The van der Waals surface area contributed by atoms with Gasteiger partial charge in [-0.05, 0) is 24.1 Å². The Balaban J connectivity index is 1.55. The van der Waals surface area contributed by atoms with Crippen molar-refractivity contribution in [3.8, 4) is 0 Å². The van der Waals surface area contributed by atoms with Crippen molar-refractivity contribution in [3.63, 3.8) is 0 Å². The molecular weight excluding hydrogens is 292 g/mol. The Hall–Kier alpha value is -2.73. The predicted molar refractivity (Wildman–Crippen MR) is 87.5 cm³/mol. The quantitative estimate of drug-likeness (QED) is 0.503. The smallest absolute Gasteiger partial charge is 0.265 e. The van der Waals surface area contributed by atoms with E-state index in [0.29, 0.717) is 25.1 Å². The number of carbonyl (C=O) groups excluding carboxylic acids is 2. The Morgan fingerprint density at radius 2 is 1.70 bits per heavy atom. The van der Waals surface area contributed by atoms with Crippen LogP contribution < -0.4 is 16.2 Å². The number of pyridine rings is 1.